The van der Waals surface area contributed by atoms with Crippen LogP contribution in [0.3, 0.4) is 0 Å². The Balaban J connectivity index is 1.41. The lowest BCUT2D eigenvalue weighted by molar-refractivity contribution is 0.480. The molecule has 8 nitrogen and oxygen atoms in total. The monoisotopic (exact) mass is 614 g/mol. The molecule has 0 unspecified atom stereocenters. The number of rotatable bonds is 5. The van der Waals surface area contributed by atoms with Crippen molar-refractivity contribution in [2.24, 2.45) is 4.99 Å². The number of allylic oxidation sites excluding steroid dienone is 8. The minimum absolute atomic E-state index is 0.141. The van der Waals surface area contributed by atoms with Gasteiger partial charge in [-0.1, -0.05) is 51.4 Å². The van der Waals surface area contributed by atoms with Gasteiger partial charge in [0.05, 0.1) is 21.2 Å². The second kappa shape index (κ2) is 10.1. The zero-order valence-corrected chi connectivity index (χ0v) is 25.5. The van der Waals surface area contributed by atoms with Crippen LogP contribution < -0.4 is 5.32 Å². The molecule has 2 aromatic carbocycles. The van der Waals surface area contributed by atoms with Crippen molar-refractivity contribution in [3.05, 3.63) is 93.7 Å². The fourth-order valence-corrected chi connectivity index (χ4v) is 6.83. The predicted molar refractivity (Wildman–Crippen MR) is 161 cm³/mol. The minimum Gasteiger partial charge on any atom is -0.358 e. The van der Waals surface area contributed by atoms with Crippen LogP contribution in [0.4, 0.5) is 11.4 Å². The van der Waals surface area contributed by atoms with Gasteiger partial charge in [-0.3, -0.25) is 14.1 Å². The highest BCUT2D eigenvalue weighted by atomic mass is 35.5. The van der Waals surface area contributed by atoms with Crippen molar-refractivity contribution in [3.63, 3.8) is 0 Å². The Morgan fingerprint density at radius 2 is 1.49 bits per heavy atom. The largest absolute Gasteiger partial charge is 0.358 e. The first kappa shape index (κ1) is 29.5. The maximum Gasteiger partial charge on any atom is 0.294 e. The average molecular weight is 615 g/mol. The van der Waals surface area contributed by atoms with E-state index < -0.39 is 31.1 Å². The summed E-state index contributed by atoms with van der Waals surface area (Å²) >= 11 is 6.86. The Kier molecular flexibility index (Phi) is 7.23. The van der Waals surface area contributed by atoms with Gasteiger partial charge in [0, 0.05) is 27.2 Å². The van der Waals surface area contributed by atoms with E-state index in [0.717, 1.165) is 58.6 Å². The number of nitrogens with zero attached hydrogens (tertiary/aromatic N) is 1. The second-order valence-electron chi connectivity index (χ2n) is 11.5. The standard InChI is InChI=1S/C30H31ClN2O6S2/c1-29(2)22-16-20(40(34,35)36)10-12-24(22)32-26(29)14-8-18-6-5-7-19(28(18)31)9-15-27-30(3,4)23-17-21(41(37,38)39)11-13-25(23)33-27/h8-17,32H,5-7H2,1-4H3,(H,34,35,36)(H,37,38,39)/b15-9+,18-8+,26-14+. The third kappa shape index (κ3) is 5.47. The summed E-state index contributed by atoms with van der Waals surface area (Å²) in [6.45, 7) is 7.88. The van der Waals surface area contributed by atoms with E-state index in [9.17, 15) is 25.9 Å². The molecular formula is C30H31ClN2O6S2. The van der Waals surface area contributed by atoms with E-state index in [1.807, 2.05) is 52.0 Å². The van der Waals surface area contributed by atoms with E-state index in [0.29, 0.717) is 10.7 Å². The molecular weight excluding hydrogens is 584 g/mol. The fourth-order valence-electron chi connectivity index (χ4n) is 5.50. The van der Waals surface area contributed by atoms with Gasteiger partial charge < -0.3 is 5.32 Å². The third-order valence-electron chi connectivity index (χ3n) is 8.08. The molecule has 0 fully saturated rings. The molecule has 0 radical (unpaired) electrons. The van der Waals surface area contributed by atoms with Crippen LogP contribution in [0.25, 0.3) is 0 Å². The lowest BCUT2D eigenvalue weighted by Crippen LogP contribution is -2.24. The first-order valence-corrected chi connectivity index (χ1v) is 16.3. The summed E-state index contributed by atoms with van der Waals surface area (Å²) in [5.74, 6) is 0. The highest BCUT2D eigenvalue weighted by Crippen LogP contribution is 2.45. The molecule has 41 heavy (non-hydrogen) atoms. The second-order valence-corrected chi connectivity index (χ2v) is 14.7. The van der Waals surface area contributed by atoms with Crippen molar-refractivity contribution >= 4 is 48.9 Å². The molecule has 216 valence electrons. The van der Waals surface area contributed by atoms with Crippen LogP contribution in [0.5, 0.6) is 0 Å². The lowest BCUT2D eigenvalue weighted by atomic mass is 9.81. The molecule has 3 aliphatic rings. The molecule has 0 saturated carbocycles. The van der Waals surface area contributed by atoms with Crippen LogP contribution >= 0.6 is 11.6 Å². The number of benzene rings is 2. The first-order chi connectivity index (χ1) is 19.0. The molecule has 0 aromatic heterocycles. The molecule has 0 bridgehead atoms. The average Bonchev–Trinajstić information content (AvgIpc) is 3.29. The summed E-state index contributed by atoms with van der Waals surface area (Å²) < 4.78 is 65.5. The number of hydrogen-bond acceptors (Lipinski definition) is 6. The Morgan fingerprint density at radius 1 is 0.854 bits per heavy atom. The molecule has 0 saturated heterocycles. The maximum absolute atomic E-state index is 11.7. The van der Waals surface area contributed by atoms with E-state index in [4.69, 9.17) is 16.6 Å². The predicted octanol–water partition coefficient (Wildman–Crippen LogP) is 6.99. The van der Waals surface area contributed by atoms with Gasteiger partial charge in [-0.05, 0) is 90.1 Å². The number of fused-ring (bicyclic) bond motifs is 2. The van der Waals surface area contributed by atoms with Gasteiger partial charge in [0.1, 0.15) is 0 Å². The van der Waals surface area contributed by atoms with Crippen LogP contribution in [0.15, 0.2) is 97.4 Å². The van der Waals surface area contributed by atoms with Crippen molar-refractivity contribution in [2.45, 2.75) is 67.6 Å². The molecule has 3 N–H and O–H groups in total. The molecule has 1 aliphatic carbocycles. The van der Waals surface area contributed by atoms with Crippen molar-refractivity contribution in [3.8, 4) is 0 Å². The normalized spacial score (nSPS) is 21.8. The van der Waals surface area contributed by atoms with Gasteiger partial charge in [0.25, 0.3) is 20.2 Å². The van der Waals surface area contributed by atoms with Crippen LogP contribution in [0.2, 0.25) is 0 Å². The summed E-state index contributed by atoms with van der Waals surface area (Å²) in [6, 6.07) is 8.94. The smallest absolute Gasteiger partial charge is 0.294 e. The molecule has 0 amide bonds. The van der Waals surface area contributed by atoms with Gasteiger partial charge in [-0.2, -0.15) is 16.8 Å². The summed E-state index contributed by atoms with van der Waals surface area (Å²) in [5, 5.41) is 4.02. The molecule has 11 heteroatoms. The summed E-state index contributed by atoms with van der Waals surface area (Å²) in [5.41, 5.74) is 5.44. The number of halogens is 1. The van der Waals surface area contributed by atoms with Gasteiger partial charge in [0.2, 0.25) is 0 Å². The van der Waals surface area contributed by atoms with Crippen molar-refractivity contribution in [2.75, 3.05) is 5.32 Å². The highest BCUT2D eigenvalue weighted by Gasteiger charge is 2.36. The number of hydrogen-bond donors (Lipinski definition) is 3. The highest BCUT2D eigenvalue weighted by molar-refractivity contribution is 7.86. The van der Waals surface area contributed by atoms with E-state index in [1.54, 1.807) is 12.1 Å². The van der Waals surface area contributed by atoms with Crippen LogP contribution in [0.1, 0.15) is 58.1 Å². The summed E-state index contributed by atoms with van der Waals surface area (Å²) in [7, 11) is -8.63. The molecule has 2 aliphatic heterocycles. The van der Waals surface area contributed by atoms with Crippen LogP contribution in [-0.2, 0) is 31.1 Å². The lowest BCUT2D eigenvalue weighted by Gasteiger charge is -2.22. The molecule has 0 atom stereocenters. The van der Waals surface area contributed by atoms with Crippen molar-refractivity contribution in [1.29, 1.82) is 0 Å². The quantitative estimate of drug-likeness (QED) is 0.309. The zero-order chi connectivity index (χ0) is 30.0. The van der Waals surface area contributed by atoms with Gasteiger partial charge in [-0.15, -0.1) is 0 Å². The fraction of sp³-hybridized carbons (Fsp3) is 0.300. The summed E-state index contributed by atoms with van der Waals surface area (Å²) in [6.07, 6.45) is 10.3. The number of nitrogens with one attached hydrogen (secondary N) is 1. The van der Waals surface area contributed by atoms with E-state index in [2.05, 4.69) is 5.32 Å². The zero-order valence-electron chi connectivity index (χ0n) is 23.1. The third-order valence-corrected chi connectivity index (χ3v) is 10.3. The number of anilines is 1. The van der Waals surface area contributed by atoms with Crippen molar-refractivity contribution in [1.82, 2.24) is 0 Å². The van der Waals surface area contributed by atoms with E-state index in [1.165, 1.54) is 24.3 Å². The topological polar surface area (TPSA) is 133 Å². The first-order valence-electron chi connectivity index (χ1n) is 13.1. The Bertz CT molecular complexity index is 1850. The van der Waals surface area contributed by atoms with Gasteiger partial charge in [0.15, 0.2) is 0 Å². The molecule has 2 aromatic rings. The number of aliphatic imine (C=N–C) groups is 1. The van der Waals surface area contributed by atoms with Crippen LogP contribution in [-0.4, -0.2) is 31.7 Å². The molecule has 2 heterocycles. The van der Waals surface area contributed by atoms with Crippen LogP contribution in [0, 0.1) is 0 Å². The minimum atomic E-state index is -4.32. The summed E-state index contributed by atoms with van der Waals surface area (Å²) in [4.78, 5) is 4.40. The Morgan fingerprint density at radius 3 is 2.15 bits per heavy atom. The molecule has 5 rings (SSSR count). The van der Waals surface area contributed by atoms with E-state index >= 15 is 0 Å². The van der Waals surface area contributed by atoms with E-state index in [-0.39, 0.29) is 9.79 Å². The van der Waals surface area contributed by atoms with Gasteiger partial charge in [-0.25, -0.2) is 0 Å². The van der Waals surface area contributed by atoms with Crippen molar-refractivity contribution < 1.29 is 25.9 Å². The Labute approximate surface area is 245 Å². The van der Waals surface area contributed by atoms with Gasteiger partial charge >= 0.3 is 0 Å². The maximum atomic E-state index is 11.7. The SMILES string of the molecule is CC1(C)C(/C=C/C2=C(Cl)C(=C/C=C3/Nc4ccc(S(=O)(=O)O)cc4C3(C)C)/CCC2)=Nc2ccc(S(=O)(=O)O)cc21. The molecule has 0 spiro atoms. The Hall–Kier alpha value is -3.02.